The van der Waals surface area contributed by atoms with Gasteiger partial charge in [-0.05, 0) is 12.1 Å². The summed E-state index contributed by atoms with van der Waals surface area (Å²) in [5.41, 5.74) is 0. The Hall–Kier alpha value is -0.500. The van der Waals surface area contributed by atoms with Crippen LogP contribution in [0.4, 0.5) is 0 Å². The van der Waals surface area contributed by atoms with E-state index in [-0.39, 0.29) is 4.83 Å². The summed E-state index contributed by atoms with van der Waals surface area (Å²) in [7, 11) is 0. The zero-order chi connectivity index (χ0) is 7.40. The van der Waals surface area contributed by atoms with Gasteiger partial charge in [0.15, 0.2) is 0 Å². The molecule has 0 N–H and O–H groups in total. The average molecular weight is 200 g/mol. The molecule has 0 aliphatic carbocycles. The molecule has 0 fully saturated rings. The van der Waals surface area contributed by atoms with Crippen molar-refractivity contribution in [3.63, 3.8) is 0 Å². The van der Waals surface area contributed by atoms with Gasteiger partial charge >= 0.3 is 0 Å². The first kappa shape index (κ1) is 7.61. The van der Waals surface area contributed by atoms with Crippen LogP contribution in [0.2, 0.25) is 0 Å². The fourth-order valence-electron chi connectivity index (χ4n) is 0.662. The van der Waals surface area contributed by atoms with Crippen molar-refractivity contribution in [2.45, 2.75) is 4.83 Å². The quantitative estimate of drug-likeness (QED) is 0.683. The van der Waals surface area contributed by atoms with Crippen LogP contribution in [0.25, 0.3) is 0 Å². The molecule has 0 saturated heterocycles. The largest absolute Gasteiger partial charge is 0.468 e. The third-order valence-corrected chi connectivity index (χ3v) is 1.88. The molecule has 1 nitrogen and oxygen atoms in total. The first-order valence-electron chi connectivity index (χ1n) is 2.98. The summed E-state index contributed by atoms with van der Waals surface area (Å²) < 4.78 is 5.12. The summed E-state index contributed by atoms with van der Waals surface area (Å²) in [6, 6.07) is 3.78. The Balaban J connectivity index is 2.58. The van der Waals surface area contributed by atoms with Crippen molar-refractivity contribution in [2.24, 2.45) is 0 Å². The van der Waals surface area contributed by atoms with Crippen LogP contribution in [0.1, 0.15) is 10.6 Å². The van der Waals surface area contributed by atoms with Crippen LogP contribution in [0, 0.1) is 6.42 Å². The van der Waals surface area contributed by atoms with E-state index in [1.807, 2.05) is 18.6 Å². The number of alkyl halides is 1. The molecule has 0 saturated carbocycles. The van der Waals surface area contributed by atoms with Crippen molar-refractivity contribution in [1.82, 2.24) is 0 Å². The van der Waals surface area contributed by atoms with Crippen LogP contribution in [0.15, 0.2) is 35.5 Å². The van der Waals surface area contributed by atoms with Crippen LogP contribution in [-0.2, 0) is 0 Å². The maximum atomic E-state index is 5.12. The molecule has 2 heteroatoms. The van der Waals surface area contributed by atoms with Gasteiger partial charge in [-0.3, -0.25) is 0 Å². The minimum atomic E-state index is 0.153. The van der Waals surface area contributed by atoms with Gasteiger partial charge < -0.3 is 4.42 Å². The van der Waals surface area contributed by atoms with Gasteiger partial charge in [0, 0.05) is 6.42 Å². The second-order valence-electron chi connectivity index (χ2n) is 1.85. The van der Waals surface area contributed by atoms with E-state index in [0.717, 1.165) is 5.76 Å². The fourth-order valence-corrected chi connectivity index (χ4v) is 1.14. The molecule has 0 aliphatic heterocycles. The van der Waals surface area contributed by atoms with Gasteiger partial charge in [-0.1, -0.05) is 22.0 Å². The highest BCUT2D eigenvalue weighted by Gasteiger charge is 2.06. The molecule has 0 aromatic carbocycles. The monoisotopic (exact) mass is 199 g/mol. The Labute approximate surface area is 68.9 Å². The SMILES string of the molecule is C=C[CH]C(Br)c1ccco1. The number of rotatable bonds is 3. The second-order valence-corrected chi connectivity index (χ2v) is 2.83. The Kier molecular flexibility index (Phi) is 2.75. The predicted octanol–water partition coefficient (Wildman–Crippen LogP) is 3.11. The van der Waals surface area contributed by atoms with Gasteiger partial charge in [-0.2, -0.15) is 0 Å². The second kappa shape index (κ2) is 3.62. The minimum Gasteiger partial charge on any atom is -0.468 e. The van der Waals surface area contributed by atoms with Gasteiger partial charge in [-0.15, -0.1) is 6.58 Å². The van der Waals surface area contributed by atoms with E-state index >= 15 is 0 Å². The molecule has 0 amide bonds. The molecule has 1 aromatic heterocycles. The van der Waals surface area contributed by atoms with E-state index in [4.69, 9.17) is 4.42 Å². The Morgan fingerprint density at radius 3 is 3.00 bits per heavy atom. The van der Waals surface area contributed by atoms with Crippen LogP contribution in [0.5, 0.6) is 0 Å². The van der Waals surface area contributed by atoms with Crippen LogP contribution < -0.4 is 0 Å². The number of furan rings is 1. The van der Waals surface area contributed by atoms with Gasteiger partial charge in [0.1, 0.15) is 5.76 Å². The van der Waals surface area contributed by atoms with Crippen molar-refractivity contribution in [3.8, 4) is 0 Å². The van der Waals surface area contributed by atoms with E-state index < -0.39 is 0 Å². The molecular weight excluding hydrogens is 192 g/mol. The average Bonchev–Trinajstić information content (AvgIpc) is 2.38. The number of hydrogen-bond acceptors (Lipinski definition) is 1. The van der Waals surface area contributed by atoms with E-state index in [1.165, 1.54) is 0 Å². The maximum absolute atomic E-state index is 5.12. The molecular formula is C8H8BrO. The fraction of sp³-hybridized carbons (Fsp3) is 0.125. The molecule has 0 bridgehead atoms. The normalized spacial score (nSPS) is 12.9. The maximum Gasteiger partial charge on any atom is 0.118 e. The van der Waals surface area contributed by atoms with Crippen LogP contribution >= 0.6 is 15.9 Å². The lowest BCUT2D eigenvalue weighted by atomic mass is 10.2. The zero-order valence-corrected chi connectivity index (χ0v) is 7.04. The van der Waals surface area contributed by atoms with Crippen molar-refractivity contribution in [1.29, 1.82) is 0 Å². The topological polar surface area (TPSA) is 13.1 Å². The van der Waals surface area contributed by atoms with E-state index in [0.29, 0.717) is 0 Å². The summed E-state index contributed by atoms with van der Waals surface area (Å²) in [4.78, 5) is 0.153. The summed E-state index contributed by atoms with van der Waals surface area (Å²) in [6.07, 6.45) is 5.31. The Morgan fingerprint density at radius 2 is 2.50 bits per heavy atom. The van der Waals surface area contributed by atoms with Crippen molar-refractivity contribution in [3.05, 3.63) is 43.2 Å². The minimum absolute atomic E-state index is 0.153. The molecule has 1 heterocycles. The highest BCUT2D eigenvalue weighted by Crippen LogP contribution is 2.25. The Morgan fingerprint density at radius 1 is 1.70 bits per heavy atom. The molecule has 1 radical (unpaired) electrons. The molecule has 1 rings (SSSR count). The Bertz CT molecular complexity index is 191. The van der Waals surface area contributed by atoms with Gasteiger partial charge in [0.2, 0.25) is 0 Å². The first-order chi connectivity index (χ1) is 4.84. The van der Waals surface area contributed by atoms with Crippen molar-refractivity contribution in [2.75, 3.05) is 0 Å². The molecule has 0 spiro atoms. The van der Waals surface area contributed by atoms with Crippen molar-refractivity contribution >= 4 is 15.9 Å². The van der Waals surface area contributed by atoms with Gasteiger partial charge in [0.25, 0.3) is 0 Å². The zero-order valence-electron chi connectivity index (χ0n) is 5.46. The van der Waals surface area contributed by atoms with Gasteiger partial charge in [-0.25, -0.2) is 0 Å². The van der Waals surface area contributed by atoms with Crippen molar-refractivity contribution < 1.29 is 4.42 Å². The molecule has 10 heavy (non-hydrogen) atoms. The smallest absolute Gasteiger partial charge is 0.118 e. The lowest BCUT2D eigenvalue weighted by Crippen LogP contribution is -1.83. The summed E-state index contributed by atoms with van der Waals surface area (Å²) in [5.74, 6) is 0.903. The number of halogens is 1. The number of hydrogen-bond donors (Lipinski definition) is 0. The van der Waals surface area contributed by atoms with E-state index in [9.17, 15) is 0 Å². The summed E-state index contributed by atoms with van der Waals surface area (Å²) >= 11 is 3.40. The lowest BCUT2D eigenvalue weighted by molar-refractivity contribution is 0.519. The molecule has 1 aromatic rings. The molecule has 0 aliphatic rings. The highest BCUT2D eigenvalue weighted by molar-refractivity contribution is 9.09. The predicted molar refractivity (Wildman–Crippen MR) is 44.9 cm³/mol. The van der Waals surface area contributed by atoms with Crippen LogP contribution in [0.3, 0.4) is 0 Å². The third-order valence-electron chi connectivity index (χ3n) is 1.12. The summed E-state index contributed by atoms with van der Waals surface area (Å²) in [6.45, 7) is 3.58. The number of allylic oxidation sites excluding steroid dienone is 1. The lowest BCUT2D eigenvalue weighted by Gasteiger charge is -1.99. The first-order valence-corrected chi connectivity index (χ1v) is 3.89. The van der Waals surface area contributed by atoms with E-state index in [1.54, 1.807) is 12.3 Å². The molecule has 53 valence electrons. The molecule has 1 unspecified atom stereocenters. The van der Waals surface area contributed by atoms with Crippen LogP contribution in [-0.4, -0.2) is 0 Å². The molecule has 1 atom stereocenters. The summed E-state index contributed by atoms with van der Waals surface area (Å²) in [5, 5.41) is 0. The highest BCUT2D eigenvalue weighted by atomic mass is 79.9. The van der Waals surface area contributed by atoms with E-state index in [2.05, 4.69) is 22.5 Å². The standard InChI is InChI=1S/C8H8BrO/c1-2-4-7(9)8-5-3-6-10-8/h2-7H,1H2. The third kappa shape index (κ3) is 1.74. The van der Waals surface area contributed by atoms with Gasteiger partial charge in [0.05, 0.1) is 11.1 Å².